The molecule has 198 valence electrons. The highest BCUT2D eigenvalue weighted by molar-refractivity contribution is 7.91. The molecular formula is C29H31N3O5S. The van der Waals surface area contributed by atoms with Crippen molar-refractivity contribution in [2.75, 3.05) is 6.61 Å². The van der Waals surface area contributed by atoms with Gasteiger partial charge < -0.3 is 9.84 Å². The van der Waals surface area contributed by atoms with Crippen LogP contribution in [0.15, 0.2) is 82.6 Å². The van der Waals surface area contributed by atoms with Gasteiger partial charge in [0.25, 0.3) is 0 Å². The van der Waals surface area contributed by atoms with Gasteiger partial charge in [0.1, 0.15) is 22.5 Å². The number of esters is 1. The largest absolute Gasteiger partial charge is 0.505 e. The van der Waals surface area contributed by atoms with Gasteiger partial charge in [-0.25, -0.2) is 13.2 Å². The van der Waals surface area contributed by atoms with Crippen molar-refractivity contribution in [2.45, 2.75) is 55.7 Å². The molecule has 0 unspecified atom stereocenters. The molecule has 0 aliphatic rings. The van der Waals surface area contributed by atoms with Crippen LogP contribution in [0.1, 0.15) is 45.2 Å². The number of fused-ring (bicyclic) bond motifs is 1. The van der Waals surface area contributed by atoms with Crippen LogP contribution in [-0.2, 0) is 31.2 Å². The molecule has 0 aliphatic carbocycles. The van der Waals surface area contributed by atoms with E-state index in [1.54, 1.807) is 49.4 Å². The van der Waals surface area contributed by atoms with Crippen LogP contribution in [-0.4, -0.2) is 41.1 Å². The second-order valence-corrected chi connectivity index (χ2v) is 12.2. The molecule has 4 rings (SSSR count). The maximum absolute atomic E-state index is 13.1. The fourth-order valence-corrected chi connectivity index (χ4v) is 5.32. The minimum atomic E-state index is -3.72. The van der Waals surface area contributed by atoms with Gasteiger partial charge in [0, 0.05) is 11.1 Å². The molecule has 0 bridgehead atoms. The molecular weight excluding hydrogens is 502 g/mol. The van der Waals surface area contributed by atoms with E-state index in [-0.39, 0.29) is 27.6 Å². The van der Waals surface area contributed by atoms with Crippen molar-refractivity contribution in [2.24, 2.45) is 0 Å². The van der Waals surface area contributed by atoms with Crippen molar-refractivity contribution in [3.8, 4) is 11.4 Å². The van der Waals surface area contributed by atoms with Crippen LogP contribution in [0.25, 0.3) is 16.7 Å². The molecule has 1 N–H and O–H groups in total. The Kier molecular flexibility index (Phi) is 7.42. The lowest BCUT2D eigenvalue weighted by Gasteiger charge is -2.23. The number of sulfone groups is 1. The topological polar surface area (TPSA) is 111 Å². The summed E-state index contributed by atoms with van der Waals surface area (Å²) in [7, 11) is -3.72. The third-order valence-electron chi connectivity index (χ3n) is 6.08. The maximum Gasteiger partial charge on any atom is 0.333 e. The summed E-state index contributed by atoms with van der Waals surface area (Å²) in [4.78, 5) is 13.3. The van der Waals surface area contributed by atoms with E-state index in [9.17, 15) is 18.3 Å². The summed E-state index contributed by atoms with van der Waals surface area (Å²) in [5.74, 6) is -0.375. The molecule has 0 radical (unpaired) electrons. The van der Waals surface area contributed by atoms with Crippen LogP contribution in [0.5, 0.6) is 5.75 Å². The highest BCUT2D eigenvalue weighted by Gasteiger charge is 2.24. The smallest absolute Gasteiger partial charge is 0.333 e. The van der Waals surface area contributed by atoms with Crippen LogP contribution in [0.3, 0.4) is 0 Å². The number of phenols is 1. The average Bonchev–Trinajstić information content (AvgIpc) is 3.30. The quantitative estimate of drug-likeness (QED) is 0.186. The van der Waals surface area contributed by atoms with Crippen molar-refractivity contribution in [1.29, 1.82) is 0 Å². The molecule has 1 heterocycles. The third-order valence-corrected chi connectivity index (χ3v) is 7.85. The van der Waals surface area contributed by atoms with Crippen molar-refractivity contribution in [3.63, 3.8) is 0 Å². The maximum atomic E-state index is 13.1. The number of carbonyl (C=O) groups is 1. The molecule has 8 nitrogen and oxygen atoms in total. The first-order valence-corrected chi connectivity index (χ1v) is 13.7. The first-order valence-electron chi connectivity index (χ1n) is 12.2. The first-order chi connectivity index (χ1) is 17.9. The minimum absolute atomic E-state index is 0.0485. The lowest BCUT2D eigenvalue weighted by Crippen LogP contribution is -2.14. The molecule has 0 saturated heterocycles. The van der Waals surface area contributed by atoms with E-state index in [1.165, 1.54) is 16.9 Å². The van der Waals surface area contributed by atoms with Crippen LogP contribution in [0, 0.1) is 0 Å². The number of aryl methyl sites for hydroxylation is 1. The highest BCUT2D eigenvalue weighted by Crippen LogP contribution is 2.36. The number of aromatic hydroxyl groups is 1. The summed E-state index contributed by atoms with van der Waals surface area (Å²) in [5, 5.41) is 20.2. The van der Waals surface area contributed by atoms with Crippen LogP contribution < -0.4 is 0 Å². The minimum Gasteiger partial charge on any atom is -0.505 e. The number of carbonyl (C=O) groups excluding carboxylic acids is 1. The van der Waals surface area contributed by atoms with E-state index >= 15 is 0 Å². The average molecular weight is 534 g/mol. The molecule has 3 aromatic carbocycles. The van der Waals surface area contributed by atoms with Crippen molar-refractivity contribution >= 4 is 26.8 Å². The Hall–Kier alpha value is -3.98. The standard InChI is InChI=1S/C29H31N3O5S/c1-19(2)28(34)37-15-9-10-20-16-23(29(3,4)5)27(33)26(17-20)32-30-24-14-13-22(18-25(24)31-32)38(35,36)21-11-7-6-8-12-21/h6-8,11-14,16-18,33H,1,9-10,15H2,2-5H3. The predicted octanol–water partition coefficient (Wildman–Crippen LogP) is 5.31. The lowest BCUT2D eigenvalue weighted by molar-refractivity contribution is -0.139. The summed E-state index contributed by atoms with van der Waals surface area (Å²) in [6.07, 6.45) is 1.18. The Morgan fingerprint density at radius 1 is 1.00 bits per heavy atom. The van der Waals surface area contributed by atoms with E-state index in [0.717, 1.165) is 11.1 Å². The fraction of sp³-hybridized carbons (Fsp3) is 0.276. The molecule has 0 saturated carbocycles. The number of hydrogen-bond acceptors (Lipinski definition) is 7. The molecule has 0 fully saturated rings. The van der Waals surface area contributed by atoms with Gasteiger partial charge in [-0.15, -0.1) is 15.0 Å². The Bertz CT molecular complexity index is 1620. The van der Waals surface area contributed by atoms with Gasteiger partial charge in [0.05, 0.1) is 16.4 Å². The first kappa shape index (κ1) is 27.1. The fourth-order valence-electron chi connectivity index (χ4n) is 4.02. The summed E-state index contributed by atoms with van der Waals surface area (Å²) >= 11 is 0. The number of ether oxygens (including phenoxy) is 1. The van der Waals surface area contributed by atoms with Crippen LogP contribution >= 0.6 is 0 Å². The summed E-state index contributed by atoms with van der Waals surface area (Å²) < 4.78 is 31.4. The van der Waals surface area contributed by atoms with Gasteiger partial charge in [-0.3, -0.25) is 0 Å². The summed E-state index contributed by atoms with van der Waals surface area (Å²) in [6, 6.07) is 16.5. The Morgan fingerprint density at radius 3 is 2.34 bits per heavy atom. The Morgan fingerprint density at radius 2 is 1.68 bits per heavy atom. The number of rotatable bonds is 8. The van der Waals surface area contributed by atoms with E-state index in [1.807, 2.05) is 26.8 Å². The molecule has 9 heteroatoms. The zero-order valence-electron chi connectivity index (χ0n) is 21.9. The van der Waals surface area contributed by atoms with E-state index in [4.69, 9.17) is 4.74 Å². The van der Waals surface area contributed by atoms with E-state index < -0.39 is 15.8 Å². The van der Waals surface area contributed by atoms with Gasteiger partial charge in [-0.05, 0) is 67.1 Å². The molecule has 0 spiro atoms. The van der Waals surface area contributed by atoms with Crippen molar-refractivity contribution < 1.29 is 23.1 Å². The van der Waals surface area contributed by atoms with Gasteiger partial charge in [-0.2, -0.15) is 0 Å². The molecule has 0 aliphatic heterocycles. The highest BCUT2D eigenvalue weighted by atomic mass is 32.2. The second kappa shape index (κ2) is 10.4. The predicted molar refractivity (Wildman–Crippen MR) is 145 cm³/mol. The number of nitrogens with zero attached hydrogens (tertiary/aromatic N) is 3. The van der Waals surface area contributed by atoms with Gasteiger partial charge >= 0.3 is 5.97 Å². The van der Waals surface area contributed by atoms with Gasteiger partial charge in [0.15, 0.2) is 0 Å². The second-order valence-electron chi connectivity index (χ2n) is 10.2. The molecule has 38 heavy (non-hydrogen) atoms. The SMILES string of the molecule is C=C(C)C(=O)OCCCc1cc(-n2nc3ccc(S(=O)(=O)c4ccccc4)cc3n2)c(O)c(C(C)(C)C)c1. The number of phenolic OH excluding ortho intramolecular Hbond substituents is 1. The van der Waals surface area contributed by atoms with Crippen LogP contribution in [0.2, 0.25) is 0 Å². The van der Waals surface area contributed by atoms with Crippen LogP contribution in [0.4, 0.5) is 0 Å². The molecule has 0 atom stereocenters. The Balaban J connectivity index is 1.70. The summed E-state index contributed by atoms with van der Waals surface area (Å²) in [6.45, 7) is 11.4. The van der Waals surface area contributed by atoms with Gasteiger partial charge in [-0.1, -0.05) is 51.6 Å². The zero-order chi connectivity index (χ0) is 27.7. The summed E-state index contributed by atoms with van der Waals surface area (Å²) in [5.41, 5.74) is 2.88. The molecule has 1 aromatic heterocycles. The molecule has 4 aromatic rings. The molecule has 0 amide bonds. The number of aromatic nitrogens is 3. The lowest BCUT2D eigenvalue weighted by atomic mass is 9.84. The zero-order valence-corrected chi connectivity index (χ0v) is 22.7. The normalized spacial score (nSPS) is 12.0. The Labute approximate surface area is 222 Å². The van der Waals surface area contributed by atoms with Gasteiger partial charge in [0.2, 0.25) is 9.84 Å². The van der Waals surface area contributed by atoms with E-state index in [0.29, 0.717) is 35.1 Å². The third kappa shape index (κ3) is 5.62. The van der Waals surface area contributed by atoms with Crippen molar-refractivity contribution in [1.82, 2.24) is 15.0 Å². The number of hydrogen-bond donors (Lipinski definition) is 1. The van der Waals surface area contributed by atoms with Crippen molar-refractivity contribution in [3.05, 3.63) is 83.9 Å². The monoisotopic (exact) mass is 533 g/mol. The number of benzene rings is 3. The van der Waals surface area contributed by atoms with E-state index in [2.05, 4.69) is 16.8 Å².